The zero-order valence-electron chi connectivity index (χ0n) is 11.5. The number of nitrogens with one attached hydrogen (secondary N) is 1. The van der Waals surface area contributed by atoms with Crippen molar-refractivity contribution in [2.24, 2.45) is 5.92 Å². The largest absolute Gasteiger partial charge is 0.481 e. The number of rotatable bonds is 5. The predicted octanol–water partition coefficient (Wildman–Crippen LogP) is 1.45. The van der Waals surface area contributed by atoms with E-state index in [0.717, 1.165) is 31.6 Å². The van der Waals surface area contributed by atoms with Crippen molar-refractivity contribution in [1.29, 1.82) is 0 Å². The molecule has 1 saturated carbocycles. The number of ether oxygens (including phenoxy) is 1. The lowest BCUT2D eigenvalue weighted by molar-refractivity contribution is 0.380. The molecule has 2 heterocycles. The highest BCUT2D eigenvalue weighted by atomic mass is 16.5. The lowest BCUT2D eigenvalue weighted by Gasteiger charge is -2.33. The van der Waals surface area contributed by atoms with Crippen molar-refractivity contribution in [2.75, 3.05) is 31.6 Å². The van der Waals surface area contributed by atoms with E-state index < -0.39 is 0 Å². The molecule has 1 unspecified atom stereocenters. The van der Waals surface area contributed by atoms with Crippen LogP contribution in [0.4, 0.5) is 5.95 Å². The van der Waals surface area contributed by atoms with E-state index in [9.17, 15) is 0 Å². The Labute approximate surface area is 114 Å². The summed E-state index contributed by atoms with van der Waals surface area (Å²) in [5.41, 5.74) is 0. The zero-order chi connectivity index (χ0) is 13.1. The summed E-state index contributed by atoms with van der Waals surface area (Å²) in [7, 11) is 1.64. The molecular weight excluding hydrogens is 240 g/mol. The van der Waals surface area contributed by atoms with Crippen LogP contribution in [-0.2, 0) is 0 Å². The van der Waals surface area contributed by atoms with Gasteiger partial charge >= 0.3 is 0 Å². The summed E-state index contributed by atoms with van der Waals surface area (Å²) in [4.78, 5) is 11.1. The van der Waals surface area contributed by atoms with Crippen molar-refractivity contribution >= 4 is 5.95 Å². The van der Waals surface area contributed by atoms with E-state index in [2.05, 4.69) is 20.2 Å². The highest BCUT2D eigenvalue weighted by molar-refractivity contribution is 5.32. The van der Waals surface area contributed by atoms with Crippen LogP contribution in [0.15, 0.2) is 12.3 Å². The van der Waals surface area contributed by atoms with Crippen molar-refractivity contribution in [1.82, 2.24) is 15.3 Å². The molecule has 5 nitrogen and oxygen atoms in total. The topological polar surface area (TPSA) is 50.3 Å². The lowest BCUT2D eigenvalue weighted by Crippen LogP contribution is -2.40. The van der Waals surface area contributed by atoms with E-state index >= 15 is 0 Å². The van der Waals surface area contributed by atoms with Crippen LogP contribution in [-0.4, -0.2) is 42.8 Å². The average molecular weight is 262 g/mol. The highest BCUT2D eigenvalue weighted by Crippen LogP contribution is 2.23. The second-order valence-corrected chi connectivity index (χ2v) is 5.54. The van der Waals surface area contributed by atoms with Gasteiger partial charge in [-0.1, -0.05) is 0 Å². The maximum absolute atomic E-state index is 5.17. The zero-order valence-corrected chi connectivity index (χ0v) is 11.5. The smallest absolute Gasteiger partial charge is 0.228 e. The maximum atomic E-state index is 5.17. The standard InChI is InChI=1S/C14H22N4O/c1-19-13-6-7-15-14(17-13)18-8-2-3-11(10-18)9-16-12-4-5-12/h6-7,11-12,16H,2-5,8-10H2,1H3. The Bertz CT molecular complexity index is 422. The third-order valence-electron chi connectivity index (χ3n) is 3.90. The minimum absolute atomic E-state index is 0.642. The first-order valence-electron chi connectivity index (χ1n) is 7.20. The predicted molar refractivity (Wildman–Crippen MR) is 74.5 cm³/mol. The Kier molecular flexibility index (Phi) is 3.82. The molecule has 1 N–H and O–H groups in total. The van der Waals surface area contributed by atoms with Crippen LogP contribution in [0.5, 0.6) is 5.88 Å². The van der Waals surface area contributed by atoms with Gasteiger partial charge < -0.3 is 15.0 Å². The van der Waals surface area contributed by atoms with Gasteiger partial charge in [0, 0.05) is 31.4 Å². The van der Waals surface area contributed by atoms with E-state index in [0.29, 0.717) is 11.8 Å². The SMILES string of the molecule is COc1ccnc(N2CCCC(CNC3CC3)C2)n1. The Morgan fingerprint density at radius 2 is 2.32 bits per heavy atom. The van der Waals surface area contributed by atoms with Gasteiger partial charge in [0.15, 0.2) is 0 Å². The Hall–Kier alpha value is -1.36. The molecule has 19 heavy (non-hydrogen) atoms. The number of anilines is 1. The average Bonchev–Trinajstić information content (AvgIpc) is 3.30. The summed E-state index contributed by atoms with van der Waals surface area (Å²) in [6.45, 7) is 3.23. The quantitative estimate of drug-likeness (QED) is 0.870. The molecule has 1 aliphatic heterocycles. The van der Waals surface area contributed by atoms with Crippen LogP contribution in [0, 0.1) is 5.92 Å². The summed E-state index contributed by atoms with van der Waals surface area (Å²) < 4.78 is 5.17. The fraction of sp³-hybridized carbons (Fsp3) is 0.714. The second-order valence-electron chi connectivity index (χ2n) is 5.54. The van der Waals surface area contributed by atoms with E-state index in [4.69, 9.17) is 4.74 Å². The minimum Gasteiger partial charge on any atom is -0.481 e. The van der Waals surface area contributed by atoms with Gasteiger partial charge in [0.2, 0.25) is 11.8 Å². The molecule has 0 amide bonds. The molecule has 5 heteroatoms. The van der Waals surface area contributed by atoms with E-state index in [1.165, 1.54) is 25.7 Å². The number of nitrogens with zero attached hydrogens (tertiary/aromatic N) is 3. The van der Waals surface area contributed by atoms with Crippen LogP contribution >= 0.6 is 0 Å². The Balaban J connectivity index is 1.59. The van der Waals surface area contributed by atoms with Gasteiger partial charge in [0.05, 0.1) is 7.11 Å². The molecule has 3 rings (SSSR count). The van der Waals surface area contributed by atoms with Crippen LogP contribution in [0.1, 0.15) is 25.7 Å². The molecule has 1 aliphatic carbocycles. The first-order chi connectivity index (χ1) is 9.35. The summed E-state index contributed by atoms with van der Waals surface area (Å²) in [5.74, 6) is 2.16. The van der Waals surface area contributed by atoms with Gasteiger partial charge in [-0.05, 0) is 38.1 Å². The molecule has 1 saturated heterocycles. The lowest BCUT2D eigenvalue weighted by atomic mass is 9.98. The van der Waals surface area contributed by atoms with E-state index in [-0.39, 0.29) is 0 Å². The Morgan fingerprint density at radius 3 is 3.11 bits per heavy atom. The second kappa shape index (κ2) is 5.74. The van der Waals surface area contributed by atoms with Crippen LogP contribution < -0.4 is 15.0 Å². The molecule has 1 aromatic heterocycles. The van der Waals surface area contributed by atoms with Gasteiger partial charge in [0.25, 0.3) is 0 Å². The molecule has 0 bridgehead atoms. The van der Waals surface area contributed by atoms with Gasteiger partial charge in [-0.3, -0.25) is 0 Å². The summed E-state index contributed by atoms with van der Waals surface area (Å²) >= 11 is 0. The molecule has 1 atom stereocenters. The fourth-order valence-corrected chi connectivity index (χ4v) is 2.63. The van der Waals surface area contributed by atoms with Crippen LogP contribution in [0.25, 0.3) is 0 Å². The van der Waals surface area contributed by atoms with Gasteiger partial charge in [-0.2, -0.15) is 4.98 Å². The molecule has 0 aromatic carbocycles. The van der Waals surface area contributed by atoms with Gasteiger partial charge in [-0.15, -0.1) is 0 Å². The number of aromatic nitrogens is 2. The third kappa shape index (κ3) is 3.35. The first kappa shape index (κ1) is 12.7. The van der Waals surface area contributed by atoms with E-state index in [1.54, 1.807) is 19.4 Å². The third-order valence-corrected chi connectivity index (χ3v) is 3.90. The molecule has 0 spiro atoms. The fourth-order valence-electron chi connectivity index (χ4n) is 2.63. The van der Waals surface area contributed by atoms with Crippen LogP contribution in [0.2, 0.25) is 0 Å². The maximum Gasteiger partial charge on any atom is 0.228 e. The van der Waals surface area contributed by atoms with Crippen LogP contribution in [0.3, 0.4) is 0 Å². The first-order valence-corrected chi connectivity index (χ1v) is 7.20. The molecule has 2 aliphatic rings. The summed E-state index contributed by atoms with van der Waals surface area (Å²) in [5, 5.41) is 3.63. The molecule has 2 fully saturated rings. The van der Waals surface area contributed by atoms with Crippen molar-refractivity contribution < 1.29 is 4.74 Å². The number of hydrogen-bond acceptors (Lipinski definition) is 5. The number of methoxy groups -OCH3 is 1. The monoisotopic (exact) mass is 262 g/mol. The number of hydrogen-bond donors (Lipinski definition) is 1. The van der Waals surface area contributed by atoms with Crippen molar-refractivity contribution in [2.45, 2.75) is 31.7 Å². The summed E-state index contributed by atoms with van der Waals surface area (Å²) in [6.07, 6.45) is 7.01. The van der Waals surface area contributed by atoms with Gasteiger partial charge in [-0.25, -0.2) is 4.98 Å². The highest BCUT2D eigenvalue weighted by Gasteiger charge is 2.25. The minimum atomic E-state index is 0.642. The van der Waals surface area contributed by atoms with E-state index in [1.807, 2.05) is 0 Å². The van der Waals surface area contributed by atoms with Crippen molar-refractivity contribution in [3.63, 3.8) is 0 Å². The van der Waals surface area contributed by atoms with Crippen molar-refractivity contribution in [3.05, 3.63) is 12.3 Å². The van der Waals surface area contributed by atoms with Crippen molar-refractivity contribution in [3.8, 4) is 5.88 Å². The molecule has 0 radical (unpaired) electrons. The molecule has 104 valence electrons. The summed E-state index contributed by atoms with van der Waals surface area (Å²) in [6, 6.07) is 2.59. The molecular formula is C14H22N4O. The Morgan fingerprint density at radius 1 is 1.42 bits per heavy atom. The normalized spacial score (nSPS) is 23.4. The van der Waals surface area contributed by atoms with Gasteiger partial charge in [0.1, 0.15) is 0 Å². The molecule has 1 aromatic rings. The number of piperidine rings is 1.